The van der Waals surface area contributed by atoms with E-state index in [0.29, 0.717) is 16.8 Å². The van der Waals surface area contributed by atoms with Gasteiger partial charge in [-0.3, -0.25) is 4.79 Å². The normalized spacial score (nSPS) is 20.4. The van der Waals surface area contributed by atoms with Crippen LogP contribution in [0, 0.1) is 5.92 Å². The van der Waals surface area contributed by atoms with Crippen molar-refractivity contribution < 1.29 is 4.79 Å². The van der Waals surface area contributed by atoms with E-state index in [4.69, 9.17) is 11.6 Å². The van der Waals surface area contributed by atoms with Crippen molar-refractivity contribution in [3.63, 3.8) is 0 Å². The minimum atomic E-state index is 0.00523. The highest BCUT2D eigenvalue weighted by atomic mass is 35.5. The van der Waals surface area contributed by atoms with E-state index in [1.807, 2.05) is 4.90 Å². The van der Waals surface area contributed by atoms with Gasteiger partial charge in [-0.15, -0.1) is 0 Å². The Balaban J connectivity index is 2.09. The number of amides is 1. The molecule has 92 valence electrons. The van der Waals surface area contributed by atoms with Crippen molar-refractivity contribution in [1.29, 1.82) is 0 Å². The van der Waals surface area contributed by atoms with Crippen LogP contribution in [0.5, 0.6) is 0 Å². The monoisotopic (exact) mass is 252 g/mol. The number of carbonyl (C=O) groups is 1. The molecule has 4 heteroatoms. The fourth-order valence-electron chi connectivity index (χ4n) is 2.27. The number of halogens is 1. The SMILES string of the molecule is CCC1CCCN(C(=O)c2cccc(Cl)n2)C1. The van der Waals surface area contributed by atoms with E-state index < -0.39 is 0 Å². The van der Waals surface area contributed by atoms with Crippen molar-refractivity contribution in [2.45, 2.75) is 26.2 Å². The summed E-state index contributed by atoms with van der Waals surface area (Å²) in [5.74, 6) is 0.637. The van der Waals surface area contributed by atoms with Gasteiger partial charge in [0.05, 0.1) is 0 Å². The van der Waals surface area contributed by atoms with Crippen LogP contribution < -0.4 is 0 Å². The van der Waals surface area contributed by atoms with Gasteiger partial charge in [0.25, 0.3) is 5.91 Å². The summed E-state index contributed by atoms with van der Waals surface area (Å²) in [6, 6.07) is 5.18. The first-order valence-electron chi connectivity index (χ1n) is 6.12. The van der Waals surface area contributed by atoms with Gasteiger partial charge < -0.3 is 4.90 Å². The van der Waals surface area contributed by atoms with Crippen LogP contribution in [0.25, 0.3) is 0 Å². The quantitative estimate of drug-likeness (QED) is 0.758. The molecule has 1 fully saturated rings. The van der Waals surface area contributed by atoms with Gasteiger partial charge in [0.2, 0.25) is 0 Å². The fourth-order valence-corrected chi connectivity index (χ4v) is 2.44. The van der Waals surface area contributed by atoms with Crippen molar-refractivity contribution in [2.24, 2.45) is 5.92 Å². The predicted molar refractivity (Wildman–Crippen MR) is 68.2 cm³/mol. The van der Waals surface area contributed by atoms with Gasteiger partial charge in [-0.1, -0.05) is 31.0 Å². The average molecular weight is 253 g/mol. The molecule has 1 aliphatic rings. The highest BCUT2D eigenvalue weighted by Gasteiger charge is 2.24. The smallest absolute Gasteiger partial charge is 0.272 e. The summed E-state index contributed by atoms with van der Waals surface area (Å²) < 4.78 is 0. The standard InChI is InChI=1S/C13H17ClN2O/c1-2-10-5-4-8-16(9-10)13(17)11-6-3-7-12(14)15-11/h3,6-7,10H,2,4-5,8-9H2,1H3. The maximum atomic E-state index is 12.2. The Morgan fingerprint density at radius 1 is 1.59 bits per heavy atom. The van der Waals surface area contributed by atoms with E-state index in [-0.39, 0.29) is 5.91 Å². The summed E-state index contributed by atoms with van der Waals surface area (Å²) in [6.07, 6.45) is 3.45. The van der Waals surface area contributed by atoms with E-state index >= 15 is 0 Å². The van der Waals surface area contributed by atoms with E-state index in [1.165, 1.54) is 6.42 Å². The molecule has 0 aliphatic carbocycles. The van der Waals surface area contributed by atoms with Gasteiger partial charge in [0.15, 0.2) is 0 Å². The molecule has 0 spiro atoms. The Labute approximate surface area is 107 Å². The van der Waals surface area contributed by atoms with Crippen LogP contribution in [0.4, 0.5) is 0 Å². The Hall–Kier alpha value is -1.09. The topological polar surface area (TPSA) is 33.2 Å². The highest BCUT2D eigenvalue weighted by Crippen LogP contribution is 2.20. The van der Waals surface area contributed by atoms with E-state index in [1.54, 1.807) is 18.2 Å². The molecule has 0 N–H and O–H groups in total. The zero-order valence-electron chi connectivity index (χ0n) is 10.0. The van der Waals surface area contributed by atoms with Crippen molar-refractivity contribution in [3.05, 3.63) is 29.0 Å². The van der Waals surface area contributed by atoms with Gasteiger partial charge in [0.1, 0.15) is 10.8 Å². The molecule has 1 aromatic rings. The summed E-state index contributed by atoms with van der Waals surface area (Å²) in [4.78, 5) is 18.2. The lowest BCUT2D eigenvalue weighted by atomic mass is 9.95. The first-order chi connectivity index (χ1) is 8.20. The molecule has 17 heavy (non-hydrogen) atoms. The van der Waals surface area contributed by atoms with Crippen molar-refractivity contribution in [2.75, 3.05) is 13.1 Å². The van der Waals surface area contributed by atoms with Crippen molar-refractivity contribution >= 4 is 17.5 Å². The number of carbonyl (C=O) groups excluding carboxylic acids is 1. The van der Waals surface area contributed by atoms with E-state index in [0.717, 1.165) is 25.9 Å². The number of rotatable bonds is 2. The molecule has 1 aromatic heterocycles. The summed E-state index contributed by atoms with van der Waals surface area (Å²) in [5, 5.41) is 0.375. The minimum absolute atomic E-state index is 0.00523. The van der Waals surface area contributed by atoms with Gasteiger partial charge in [0, 0.05) is 13.1 Å². The van der Waals surface area contributed by atoms with Crippen LogP contribution in [-0.4, -0.2) is 28.9 Å². The molecule has 2 heterocycles. The number of piperidine rings is 1. The minimum Gasteiger partial charge on any atom is -0.337 e. The number of likely N-dealkylation sites (tertiary alicyclic amines) is 1. The summed E-state index contributed by atoms with van der Waals surface area (Å²) in [7, 11) is 0. The molecule has 0 saturated carbocycles. The molecule has 3 nitrogen and oxygen atoms in total. The summed E-state index contributed by atoms with van der Waals surface area (Å²) in [5.41, 5.74) is 0.453. The lowest BCUT2D eigenvalue weighted by Gasteiger charge is -2.32. The molecule has 1 atom stereocenters. The molecular formula is C13H17ClN2O. The largest absolute Gasteiger partial charge is 0.337 e. The van der Waals surface area contributed by atoms with E-state index in [9.17, 15) is 4.79 Å². The molecule has 2 rings (SSSR count). The van der Waals surface area contributed by atoms with E-state index in [2.05, 4.69) is 11.9 Å². The number of aromatic nitrogens is 1. The molecule has 1 saturated heterocycles. The Kier molecular flexibility index (Phi) is 4.00. The van der Waals surface area contributed by atoms with Crippen LogP contribution in [0.15, 0.2) is 18.2 Å². The lowest BCUT2D eigenvalue weighted by Crippen LogP contribution is -2.40. The Morgan fingerprint density at radius 3 is 3.12 bits per heavy atom. The highest BCUT2D eigenvalue weighted by molar-refractivity contribution is 6.29. The van der Waals surface area contributed by atoms with Crippen LogP contribution in [0.1, 0.15) is 36.7 Å². The summed E-state index contributed by atoms with van der Waals surface area (Å²) >= 11 is 5.80. The lowest BCUT2D eigenvalue weighted by molar-refractivity contribution is 0.0665. The molecular weight excluding hydrogens is 236 g/mol. The molecule has 0 radical (unpaired) electrons. The van der Waals surface area contributed by atoms with Crippen molar-refractivity contribution in [1.82, 2.24) is 9.88 Å². The first-order valence-corrected chi connectivity index (χ1v) is 6.50. The van der Waals surface area contributed by atoms with Crippen LogP contribution in [-0.2, 0) is 0 Å². The third-order valence-corrected chi connectivity index (χ3v) is 3.53. The predicted octanol–water partition coefficient (Wildman–Crippen LogP) is 3.00. The number of pyridine rings is 1. The second-order valence-corrected chi connectivity index (χ2v) is 4.90. The number of hydrogen-bond acceptors (Lipinski definition) is 2. The second-order valence-electron chi connectivity index (χ2n) is 4.51. The first kappa shape index (κ1) is 12.4. The zero-order chi connectivity index (χ0) is 12.3. The maximum absolute atomic E-state index is 12.2. The van der Waals surface area contributed by atoms with Gasteiger partial charge >= 0.3 is 0 Å². The molecule has 1 unspecified atom stereocenters. The fraction of sp³-hybridized carbons (Fsp3) is 0.538. The summed E-state index contributed by atoms with van der Waals surface area (Å²) in [6.45, 7) is 3.86. The zero-order valence-corrected chi connectivity index (χ0v) is 10.8. The maximum Gasteiger partial charge on any atom is 0.272 e. The number of hydrogen-bond donors (Lipinski definition) is 0. The second kappa shape index (κ2) is 5.50. The molecule has 0 bridgehead atoms. The van der Waals surface area contributed by atoms with Gasteiger partial charge in [-0.2, -0.15) is 0 Å². The number of nitrogens with zero attached hydrogens (tertiary/aromatic N) is 2. The van der Waals surface area contributed by atoms with Crippen LogP contribution in [0.3, 0.4) is 0 Å². The third kappa shape index (κ3) is 2.97. The Morgan fingerprint density at radius 2 is 2.41 bits per heavy atom. The third-order valence-electron chi connectivity index (χ3n) is 3.32. The van der Waals surface area contributed by atoms with Crippen LogP contribution in [0.2, 0.25) is 5.15 Å². The molecule has 0 aromatic carbocycles. The average Bonchev–Trinajstić information content (AvgIpc) is 2.38. The van der Waals surface area contributed by atoms with Gasteiger partial charge in [-0.25, -0.2) is 4.98 Å². The van der Waals surface area contributed by atoms with Gasteiger partial charge in [-0.05, 0) is 30.9 Å². The molecule has 1 aliphatic heterocycles. The Bertz CT molecular complexity index is 408. The molecule has 1 amide bonds. The van der Waals surface area contributed by atoms with Crippen LogP contribution >= 0.6 is 11.6 Å². The van der Waals surface area contributed by atoms with Crippen molar-refractivity contribution in [3.8, 4) is 0 Å².